The summed E-state index contributed by atoms with van der Waals surface area (Å²) < 4.78 is 12.6. The SMILES string of the molecule is CCCc1ccc(-c2ccc([C@H]3CC[C@H]([C@H]4CC[C@H](CCF)CC4)CC3)cc2)cc1. The Labute approximate surface area is 183 Å². The topological polar surface area (TPSA) is 0 Å². The maximum atomic E-state index is 12.6. The Morgan fingerprint density at radius 2 is 1.23 bits per heavy atom. The third-order valence-electron chi connectivity index (χ3n) is 8.06. The van der Waals surface area contributed by atoms with Crippen molar-refractivity contribution >= 4 is 0 Å². The van der Waals surface area contributed by atoms with Crippen molar-refractivity contribution in [2.24, 2.45) is 17.8 Å². The van der Waals surface area contributed by atoms with Gasteiger partial charge in [-0.25, -0.2) is 0 Å². The third kappa shape index (κ3) is 5.34. The molecule has 30 heavy (non-hydrogen) atoms. The Balaban J connectivity index is 1.29. The molecule has 2 fully saturated rings. The molecule has 4 rings (SSSR count). The highest BCUT2D eigenvalue weighted by molar-refractivity contribution is 5.64. The summed E-state index contributed by atoms with van der Waals surface area (Å²) in [7, 11) is 0. The van der Waals surface area contributed by atoms with Gasteiger partial charge < -0.3 is 0 Å². The first kappa shape index (κ1) is 21.6. The van der Waals surface area contributed by atoms with Gasteiger partial charge in [-0.1, -0.05) is 74.7 Å². The van der Waals surface area contributed by atoms with Crippen molar-refractivity contribution in [2.75, 3.05) is 6.67 Å². The van der Waals surface area contributed by atoms with Crippen LogP contribution in [0.4, 0.5) is 4.39 Å². The molecule has 0 bridgehead atoms. The second-order valence-corrected chi connectivity index (χ2v) is 9.94. The monoisotopic (exact) mass is 406 g/mol. The molecule has 1 heteroatoms. The number of hydrogen-bond acceptors (Lipinski definition) is 0. The molecule has 2 aliphatic carbocycles. The highest BCUT2D eigenvalue weighted by Crippen LogP contribution is 2.44. The number of hydrogen-bond donors (Lipinski definition) is 0. The smallest absolute Gasteiger partial charge is 0.0897 e. The van der Waals surface area contributed by atoms with Crippen LogP contribution in [0, 0.1) is 17.8 Å². The van der Waals surface area contributed by atoms with Crippen molar-refractivity contribution in [1.29, 1.82) is 0 Å². The lowest BCUT2D eigenvalue weighted by atomic mass is 9.68. The molecule has 2 aromatic rings. The van der Waals surface area contributed by atoms with Gasteiger partial charge in [-0.2, -0.15) is 0 Å². The maximum Gasteiger partial charge on any atom is 0.0897 e. The van der Waals surface area contributed by atoms with E-state index in [2.05, 4.69) is 55.5 Å². The summed E-state index contributed by atoms with van der Waals surface area (Å²) in [6, 6.07) is 18.5. The molecule has 2 aromatic carbocycles. The van der Waals surface area contributed by atoms with E-state index in [1.54, 1.807) is 0 Å². The summed E-state index contributed by atoms with van der Waals surface area (Å²) in [6.45, 7) is 2.11. The van der Waals surface area contributed by atoms with Gasteiger partial charge in [-0.3, -0.25) is 4.39 Å². The van der Waals surface area contributed by atoms with E-state index < -0.39 is 0 Å². The van der Waals surface area contributed by atoms with Gasteiger partial charge in [0, 0.05) is 0 Å². The van der Waals surface area contributed by atoms with Crippen LogP contribution in [-0.4, -0.2) is 6.67 Å². The zero-order valence-corrected chi connectivity index (χ0v) is 18.8. The molecule has 0 aliphatic heterocycles. The van der Waals surface area contributed by atoms with Crippen LogP contribution in [0.15, 0.2) is 48.5 Å². The first-order valence-corrected chi connectivity index (χ1v) is 12.5. The molecule has 0 radical (unpaired) electrons. The maximum absolute atomic E-state index is 12.6. The van der Waals surface area contributed by atoms with Gasteiger partial charge >= 0.3 is 0 Å². The molecule has 0 nitrogen and oxygen atoms in total. The van der Waals surface area contributed by atoms with Crippen molar-refractivity contribution in [3.63, 3.8) is 0 Å². The minimum atomic E-state index is -0.122. The van der Waals surface area contributed by atoms with E-state index in [1.165, 1.54) is 86.5 Å². The van der Waals surface area contributed by atoms with Crippen LogP contribution < -0.4 is 0 Å². The van der Waals surface area contributed by atoms with Crippen LogP contribution in [0.2, 0.25) is 0 Å². The first-order chi connectivity index (χ1) is 14.8. The van der Waals surface area contributed by atoms with Gasteiger partial charge in [0.05, 0.1) is 6.67 Å². The van der Waals surface area contributed by atoms with Crippen LogP contribution in [0.5, 0.6) is 0 Å². The Bertz CT molecular complexity index is 744. The lowest BCUT2D eigenvalue weighted by Crippen LogP contribution is -2.25. The van der Waals surface area contributed by atoms with E-state index in [9.17, 15) is 4.39 Å². The average molecular weight is 407 g/mol. The predicted molar refractivity (Wildman–Crippen MR) is 127 cm³/mol. The Morgan fingerprint density at radius 3 is 1.77 bits per heavy atom. The fourth-order valence-electron chi connectivity index (χ4n) is 6.13. The van der Waals surface area contributed by atoms with Crippen molar-refractivity contribution in [3.05, 3.63) is 59.7 Å². The van der Waals surface area contributed by atoms with Gasteiger partial charge in [-0.05, 0) is 97.3 Å². The summed E-state index contributed by atoms with van der Waals surface area (Å²) in [5.41, 5.74) is 5.63. The summed E-state index contributed by atoms with van der Waals surface area (Å²) >= 11 is 0. The van der Waals surface area contributed by atoms with Gasteiger partial charge in [-0.15, -0.1) is 0 Å². The van der Waals surface area contributed by atoms with Crippen LogP contribution in [0.1, 0.15) is 88.2 Å². The fourth-order valence-corrected chi connectivity index (χ4v) is 6.13. The van der Waals surface area contributed by atoms with Gasteiger partial charge in [0.2, 0.25) is 0 Å². The van der Waals surface area contributed by atoms with E-state index in [1.807, 2.05) is 0 Å². The molecule has 0 heterocycles. The molecule has 2 saturated carbocycles. The molecular weight excluding hydrogens is 367 g/mol. The number of benzene rings is 2. The highest BCUT2D eigenvalue weighted by atomic mass is 19.1. The molecule has 162 valence electrons. The fraction of sp³-hybridized carbons (Fsp3) is 0.586. The van der Waals surface area contributed by atoms with Crippen LogP contribution in [-0.2, 0) is 6.42 Å². The van der Waals surface area contributed by atoms with E-state index in [4.69, 9.17) is 0 Å². The molecule has 0 unspecified atom stereocenters. The first-order valence-electron chi connectivity index (χ1n) is 12.5. The van der Waals surface area contributed by atoms with Crippen LogP contribution in [0.25, 0.3) is 11.1 Å². The van der Waals surface area contributed by atoms with Gasteiger partial charge in [0.1, 0.15) is 0 Å². The standard InChI is InChI=1S/C29H39F/c1-2-3-22-4-8-24(9-5-22)26-12-16-28(17-13-26)29-18-14-27(15-19-29)25-10-6-23(7-11-25)20-21-30/h4-5,8-9,12-13,16-17,23,25,27,29H,2-3,6-7,10-11,14-15,18-21H2,1H3/t23-,25-,27-,29-. The average Bonchev–Trinajstić information content (AvgIpc) is 2.81. The summed E-state index contributed by atoms with van der Waals surface area (Å²) in [5.74, 6) is 3.25. The summed E-state index contributed by atoms with van der Waals surface area (Å²) in [6.07, 6.45) is 13.9. The molecular formula is C29H39F. The Hall–Kier alpha value is -1.63. The zero-order valence-electron chi connectivity index (χ0n) is 18.8. The predicted octanol–water partition coefficient (Wildman–Crippen LogP) is 8.75. The molecule has 0 aromatic heterocycles. The number of alkyl halides is 1. The molecule has 0 saturated heterocycles. The minimum absolute atomic E-state index is 0.122. The number of rotatable bonds is 7. The quantitative estimate of drug-likeness (QED) is 0.431. The largest absolute Gasteiger partial charge is 0.251 e. The van der Waals surface area contributed by atoms with E-state index in [0.717, 1.165) is 24.2 Å². The lowest BCUT2D eigenvalue weighted by molar-refractivity contribution is 0.153. The van der Waals surface area contributed by atoms with Crippen molar-refractivity contribution < 1.29 is 4.39 Å². The van der Waals surface area contributed by atoms with Crippen molar-refractivity contribution in [1.82, 2.24) is 0 Å². The minimum Gasteiger partial charge on any atom is -0.251 e. The van der Waals surface area contributed by atoms with Crippen molar-refractivity contribution in [2.45, 2.75) is 83.5 Å². The molecule has 2 aliphatic rings. The normalized spacial score (nSPS) is 27.1. The molecule has 0 atom stereocenters. The van der Waals surface area contributed by atoms with Crippen molar-refractivity contribution in [3.8, 4) is 11.1 Å². The highest BCUT2D eigenvalue weighted by Gasteiger charge is 2.31. The van der Waals surface area contributed by atoms with E-state index in [-0.39, 0.29) is 6.67 Å². The molecule has 0 N–H and O–H groups in total. The number of halogens is 1. The van der Waals surface area contributed by atoms with E-state index in [0.29, 0.717) is 5.92 Å². The zero-order chi connectivity index (χ0) is 20.8. The van der Waals surface area contributed by atoms with Gasteiger partial charge in [0.25, 0.3) is 0 Å². The Morgan fingerprint density at radius 1 is 0.700 bits per heavy atom. The van der Waals surface area contributed by atoms with Crippen LogP contribution in [0.3, 0.4) is 0 Å². The van der Waals surface area contributed by atoms with Crippen LogP contribution >= 0.6 is 0 Å². The molecule has 0 spiro atoms. The van der Waals surface area contributed by atoms with Gasteiger partial charge in [0.15, 0.2) is 0 Å². The molecule has 0 amide bonds. The number of aryl methyl sites for hydroxylation is 1. The second kappa shape index (κ2) is 10.6. The lowest BCUT2D eigenvalue weighted by Gasteiger charge is -2.38. The Kier molecular flexibility index (Phi) is 7.63. The summed E-state index contributed by atoms with van der Waals surface area (Å²) in [4.78, 5) is 0. The van der Waals surface area contributed by atoms with E-state index >= 15 is 0 Å². The summed E-state index contributed by atoms with van der Waals surface area (Å²) in [5, 5.41) is 0. The second-order valence-electron chi connectivity index (χ2n) is 9.94. The third-order valence-corrected chi connectivity index (χ3v) is 8.06.